The van der Waals surface area contributed by atoms with Crippen LogP contribution in [0.2, 0.25) is 0 Å². The summed E-state index contributed by atoms with van der Waals surface area (Å²) < 4.78 is 5.17. The largest absolute Gasteiger partial charge is 0.484 e. The number of nitrogens with zero attached hydrogens (tertiary/aromatic N) is 2. The number of ether oxygens (including phenoxy) is 1. The Bertz CT molecular complexity index is 953. The van der Waals surface area contributed by atoms with E-state index in [4.69, 9.17) is 10.5 Å². The number of nitrogens with one attached hydrogen (secondary N) is 1. The molecule has 0 aliphatic carbocycles. The van der Waals surface area contributed by atoms with Gasteiger partial charge in [-0.2, -0.15) is 0 Å². The number of carbonyl (C=O) groups is 2. The Hall–Kier alpha value is -3.52. The third-order valence-electron chi connectivity index (χ3n) is 3.36. The van der Waals surface area contributed by atoms with Gasteiger partial charge in [0, 0.05) is 11.6 Å². The number of rotatable bonds is 7. The molecular formula is C19H16N4O3S. The van der Waals surface area contributed by atoms with Crippen LogP contribution in [-0.4, -0.2) is 28.6 Å². The van der Waals surface area contributed by atoms with Crippen molar-refractivity contribution in [1.29, 1.82) is 0 Å². The molecule has 3 aromatic rings. The van der Waals surface area contributed by atoms with E-state index < -0.39 is 5.91 Å². The SMILES string of the molecule is NC(=O)COc1ccc(/C=C/C(=O)Nc2nnc(-c3ccccc3)s2)cc1. The van der Waals surface area contributed by atoms with E-state index in [2.05, 4.69) is 15.5 Å². The lowest BCUT2D eigenvalue weighted by molar-refractivity contribution is -0.120. The van der Waals surface area contributed by atoms with Gasteiger partial charge < -0.3 is 10.5 Å². The number of benzene rings is 2. The number of hydrogen-bond donors (Lipinski definition) is 2. The van der Waals surface area contributed by atoms with Crippen LogP contribution in [0.3, 0.4) is 0 Å². The van der Waals surface area contributed by atoms with Crippen molar-refractivity contribution in [1.82, 2.24) is 10.2 Å². The first-order valence-electron chi connectivity index (χ1n) is 7.99. The van der Waals surface area contributed by atoms with Crippen molar-refractivity contribution in [3.05, 3.63) is 66.2 Å². The highest BCUT2D eigenvalue weighted by molar-refractivity contribution is 7.18. The van der Waals surface area contributed by atoms with E-state index in [1.54, 1.807) is 30.3 Å². The van der Waals surface area contributed by atoms with Crippen molar-refractivity contribution in [2.24, 2.45) is 5.73 Å². The molecule has 1 heterocycles. The van der Waals surface area contributed by atoms with Gasteiger partial charge in [-0.3, -0.25) is 14.9 Å². The fraction of sp³-hybridized carbons (Fsp3) is 0.0526. The molecule has 0 bridgehead atoms. The lowest BCUT2D eigenvalue weighted by atomic mass is 10.2. The van der Waals surface area contributed by atoms with E-state index in [-0.39, 0.29) is 12.5 Å². The van der Waals surface area contributed by atoms with Gasteiger partial charge in [-0.15, -0.1) is 10.2 Å². The van der Waals surface area contributed by atoms with Crippen LogP contribution in [0, 0.1) is 0 Å². The van der Waals surface area contributed by atoms with Gasteiger partial charge in [0.05, 0.1) is 0 Å². The van der Waals surface area contributed by atoms with Gasteiger partial charge in [0.1, 0.15) is 10.8 Å². The molecule has 27 heavy (non-hydrogen) atoms. The molecule has 0 atom stereocenters. The Morgan fingerprint density at radius 3 is 2.52 bits per heavy atom. The molecule has 8 heteroatoms. The van der Waals surface area contributed by atoms with Crippen LogP contribution in [0.1, 0.15) is 5.56 Å². The summed E-state index contributed by atoms with van der Waals surface area (Å²) in [5, 5.41) is 11.9. The maximum atomic E-state index is 12.0. The van der Waals surface area contributed by atoms with Gasteiger partial charge in [-0.1, -0.05) is 53.8 Å². The molecule has 0 radical (unpaired) electrons. The minimum atomic E-state index is -0.539. The Kier molecular flexibility index (Phi) is 5.91. The minimum absolute atomic E-state index is 0.176. The Morgan fingerprint density at radius 2 is 1.81 bits per heavy atom. The molecule has 0 saturated carbocycles. The summed E-state index contributed by atoms with van der Waals surface area (Å²) in [4.78, 5) is 22.7. The summed E-state index contributed by atoms with van der Waals surface area (Å²) in [6.07, 6.45) is 3.06. The maximum Gasteiger partial charge on any atom is 0.255 e. The number of primary amides is 1. The van der Waals surface area contributed by atoms with Crippen LogP contribution >= 0.6 is 11.3 Å². The van der Waals surface area contributed by atoms with Crippen LogP contribution in [-0.2, 0) is 9.59 Å². The monoisotopic (exact) mass is 380 g/mol. The van der Waals surface area contributed by atoms with Gasteiger partial charge in [0.2, 0.25) is 11.0 Å². The molecule has 0 aliphatic rings. The highest BCUT2D eigenvalue weighted by Gasteiger charge is 2.07. The van der Waals surface area contributed by atoms with Crippen LogP contribution in [0.15, 0.2) is 60.7 Å². The number of carbonyl (C=O) groups excluding carboxylic acids is 2. The fourth-order valence-electron chi connectivity index (χ4n) is 2.12. The Balaban J connectivity index is 1.56. The number of nitrogens with two attached hydrogens (primary N) is 1. The van der Waals surface area contributed by atoms with Gasteiger partial charge in [0.15, 0.2) is 6.61 Å². The Morgan fingerprint density at radius 1 is 1.07 bits per heavy atom. The molecular weight excluding hydrogens is 364 g/mol. The second-order valence-corrected chi connectivity index (χ2v) is 6.40. The zero-order valence-corrected chi connectivity index (χ0v) is 15.0. The van der Waals surface area contributed by atoms with Gasteiger partial charge in [-0.05, 0) is 23.8 Å². The highest BCUT2D eigenvalue weighted by Crippen LogP contribution is 2.25. The molecule has 2 aromatic carbocycles. The van der Waals surface area contributed by atoms with Crippen molar-refractivity contribution >= 4 is 34.4 Å². The molecule has 136 valence electrons. The summed E-state index contributed by atoms with van der Waals surface area (Å²) in [5.74, 6) is -0.319. The van der Waals surface area contributed by atoms with Crippen molar-refractivity contribution in [3.8, 4) is 16.3 Å². The summed E-state index contributed by atoms with van der Waals surface area (Å²) in [6.45, 7) is -0.176. The van der Waals surface area contributed by atoms with Gasteiger partial charge in [0.25, 0.3) is 5.91 Å². The van der Waals surface area contributed by atoms with E-state index >= 15 is 0 Å². The zero-order chi connectivity index (χ0) is 19.1. The predicted octanol–water partition coefficient (Wildman–Crippen LogP) is 2.72. The topological polar surface area (TPSA) is 107 Å². The lowest BCUT2D eigenvalue weighted by Gasteiger charge is -2.03. The first-order valence-corrected chi connectivity index (χ1v) is 8.81. The van der Waals surface area contributed by atoms with E-state index in [0.29, 0.717) is 10.9 Å². The van der Waals surface area contributed by atoms with E-state index in [1.807, 2.05) is 30.3 Å². The third kappa shape index (κ3) is 5.48. The number of hydrogen-bond acceptors (Lipinski definition) is 6. The summed E-state index contributed by atoms with van der Waals surface area (Å²) in [7, 11) is 0. The third-order valence-corrected chi connectivity index (χ3v) is 4.25. The summed E-state index contributed by atoms with van der Waals surface area (Å²) >= 11 is 1.30. The molecule has 3 rings (SSSR count). The first kappa shape index (κ1) is 18.3. The molecule has 3 N–H and O–H groups in total. The van der Waals surface area contributed by atoms with Crippen LogP contribution < -0.4 is 15.8 Å². The Labute approximate surface area is 159 Å². The average Bonchev–Trinajstić information content (AvgIpc) is 3.14. The number of amides is 2. The molecule has 7 nitrogen and oxygen atoms in total. The lowest BCUT2D eigenvalue weighted by Crippen LogP contribution is -2.19. The maximum absolute atomic E-state index is 12.0. The van der Waals surface area contributed by atoms with Crippen molar-refractivity contribution in [2.45, 2.75) is 0 Å². The molecule has 0 fully saturated rings. The second-order valence-electron chi connectivity index (χ2n) is 5.43. The van der Waals surface area contributed by atoms with E-state index in [1.165, 1.54) is 17.4 Å². The van der Waals surface area contributed by atoms with Gasteiger partial charge in [-0.25, -0.2) is 0 Å². The van der Waals surface area contributed by atoms with Crippen LogP contribution in [0.5, 0.6) is 5.75 Å². The molecule has 1 aromatic heterocycles. The van der Waals surface area contributed by atoms with Crippen molar-refractivity contribution < 1.29 is 14.3 Å². The van der Waals surface area contributed by atoms with Crippen LogP contribution in [0.25, 0.3) is 16.6 Å². The normalized spacial score (nSPS) is 10.7. The van der Waals surface area contributed by atoms with E-state index in [0.717, 1.165) is 16.1 Å². The number of aromatic nitrogens is 2. The minimum Gasteiger partial charge on any atom is -0.484 e. The van der Waals surface area contributed by atoms with Crippen molar-refractivity contribution in [2.75, 3.05) is 11.9 Å². The van der Waals surface area contributed by atoms with E-state index in [9.17, 15) is 9.59 Å². The molecule has 0 spiro atoms. The standard InChI is InChI=1S/C19H16N4O3S/c20-16(24)12-26-15-9-6-13(7-10-15)8-11-17(25)21-19-23-22-18(27-19)14-4-2-1-3-5-14/h1-11H,12H2,(H2,20,24)(H,21,23,25)/b11-8+. The number of anilines is 1. The van der Waals surface area contributed by atoms with Gasteiger partial charge >= 0.3 is 0 Å². The second kappa shape index (κ2) is 8.72. The molecule has 2 amide bonds. The molecule has 0 unspecified atom stereocenters. The summed E-state index contributed by atoms with van der Waals surface area (Å²) in [5.41, 5.74) is 6.77. The highest BCUT2D eigenvalue weighted by atomic mass is 32.1. The molecule has 0 aliphatic heterocycles. The predicted molar refractivity (Wildman–Crippen MR) is 104 cm³/mol. The quantitative estimate of drug-likeness (QED) is 0.613. The smallest absolute Gasteiger partial charge is 0.255 e. The zero-order valence-electron chi connectivity index (χ0n) is 14.2. The molecule has 0 saturated heterocycles. The average molecular weight is 380 g/mol. The first-order chi connectivity index (χ1) is 13.1. The fourth-order valence-corrected chi connectivity index (χ4v) is 2.87. The van der Waals surface area contributed by atoms with Crippen molar-refractivity contribution in [3.63, 3.8) is 0 Å². The summed E-state index contributed by atoms with van der Waals surface area (Å²) in [6, 6.07) is 16.5. The van der Waals surface area contributed by atoms with Crippen LogP contribution in [0.4, 0.5) is 5.13 Å².